The molecule has 0 aromatic heterocycles. The van der Waals surface area contributed by atoms with Crippen LogP contribution in [0.25, 0.3) is 0 Å². The van der Waals surface area contributed by atoms with E-state index < -0.39 is 0 Å². The average Bonchev–Trinajstić information content (AvgIpc) is 2.46. The highest BCUT2D eigenvalue weighted by Crippen LogP contribution is 2.31. The summed E-state index contributed by atoms with van der Waals surface area (Å²) in [5.74, 6) is 1.73. The fraction of sp³-hybridized carbons (Fsp3) is 0.250. The van der Waals surface area contributed by atoms with E-state index in [2.05, 4.69) is 5.32 Å². The maximum atomic E-state index is 5.49. The van der Waals surface area contributed by atoms with Gasteiger partial charge in [-0.2, -0.15) is 0 Å². The SMILES string of the molecule is COc1ccc(CNc2ccccc2)c(OC)c1C. The van der Waals surface area contributed by atoms with Crippen LogP contribution in [0.1, 0.15) is 11.1 Å². The number of methoxy groups -OCH3 is 2. The molecule has 0 heterocycles. The Morgan fingerprint density at radius 2 is 1.68 bits per heavy atom. The van der Waals surface area contributed by atoms with E-state index in [1.54, 1.807) is 14.2 Å². The van der Waals surface area contributed by atoms with Gasteiger partial charge in [-0.3, -0.25) is 0 Å². The van der Waals surface area contributed by atoms with E-state index in [9.17, 15) is 0 Å². The van der Waals surface area contributed by atoms with Crippen LogP contribution in [0.3, 0.4) is 0 Å². The molecule has 0 bridgehead atoms. The quantitative estimate of drug-likeness (QED) is 0.887. The van der Waals surface area contributed by atoms with Gasteiger partial charge in [0.25, 0.3) is 0 Å². The van der Waals surface area contributed by atoms with Gasteiger partial charge >= 0.3 is 0 Å². The standard InChI is InChI=1S/C16H19NO2/c1-12-15(18-2)10-9-13(16(12)19-3)11-17-14-7-5-4-6-8-14/h4-10,17H,11H2,1-3H3. The summed E-state index contributed by atoms with van der Waals surface area (Å²) in [4.78, 5) is 0. The highest BCUT2D eigenvalue weighted by molar-refractivity contribution is 5.51. The molecule has 0 aliphatic carbocycles. The molecule has 2 aromatic carbocycles. The maximum absolute atomic E-state index is 5.49. The molecule has 0 fully saturated rings. The van der Waals surface area contributed by atoms with Crippen LogP contribution in [0.5, 0.6) is 11.5 Å². The zero-order valence-electron chi connectivity index (χ0n) is 11.6. The van der Waals surface area contributed by atoms with Gasteiger partial charge in [0.05, 0.1) is 14.2 Å². The lowest BCUT2D eigenvalue weighted by Crippen LogP contribution is -2.03. The average molecular weight is 257 g/mol. The molecule has 0 atom stereocenters. The molecule has 3 heteroatoms. The molecule has 100 valence electrons. The second-order valence-electron chi connectivity index (χ2n) is 4.30. The lowest BCUT2D eigenvalue weighted by Gasteiger charge is -2.15. The Morgan fingerprint density at radius 3 is 2.32 bits per heavy atom. The molecule has 0 radical (unpaired) electrons. The highest BCUT2D eigenvalue weighted by Gasteiger charge is 2.10. The summed E-state index contributed by atoms with van der Waals surface area (Å²) < 4.78 is 10.8. The minimum atomic E-state index is 0.720. The third kappa shape index (κ3) is 2.99. The zero-order valence-corrected chi connectivity index (χ0v) is 11.6. The third-order valence-electron chi connectivity index (χ3n) is 3.12. The van der Waals surface area contributed by atoms with Crippen molar-refractivity contribution in [3.05, 3.63) is 53.6 Å². The first-order valence-electron chi connectivity index (χ1n) is 6.25. The van der Waals surface area contributed by atoms with Crippen LogP contribution in [0.4, 0.5) is 5.69 Å². The van der Waals surface area contributed by atoms with Gasteiger partial charge in [0.2, 0.25) is 0 Å². The monoisotopic (exact) mass is 257 g/mol. The van der Waals surface area contributed by atoms with Gasteiger partial charge in [0.15, 0.2) is 0 Å². The molecule has 2 rings (SSSR count). The van der Waals surface area contributed by atoms with Crippen molar-refractivity contribution in [3.8, 4) is 11.5 Å². The van der Waals surface area contributed by atoms with E-state index in [-0.39, 0.29) is 0 Å². The lowest BCUT2D eigenvalue weighted by molar-refractivity contribution is 0.386. The zero-order chi connectivity index (χ0) is 13.7. The number of nitrogens with one attached hydrogen (secondary N) is 1. The number of rotatable bonds is 5. The molecule has 3 nitrogen and oxygen atoms in total. The number of benzene rings is 2. The molecule has 0 aliphatic rings. The first kappa shape index (κ1) is 13.3. The van der Waals surface area contributed by atoms with Gasteiger partial charge in [-0.05, 0) is 31.2 Å². The molecular formula is C16H19NO2. The summed E-state index contributed by atoms with van der Waals surface area (Å²) in [5, 5.41) is 3.38. The van der Waals surface area contributed by atoms with Gasteiger partial charge in [-0.15, -0.1) is 0 Å². The topological polar surface area (TPSA) is 30.5 Å². The Balaban J connectivity index is 2.19. The van der Waals surface area contributed by atoms with Crippen LogP contribution in [-0.2, 0) is 6.54 Å². The van der Waals surface area contributed by atoms with E-state index in [0.717, 1.165) is 34.9 Å². The van der Waals surface area contributed by atoms with Gasteiger partial charge in [0.1, 0.15) is 11.5 Å². The van der Waals surface area contributed by atoms with Crippen molar-refractivity contribution in [1.29, 1.82) is 0 Å². The number of hydrogen-bond donors (Lipinski definition) is 1. The number of anilines is 1. The summed E-state index contributed by atoms with van der Waals surface area (Å²) in [6.45, 7) is 2.72. The third-order valence-corrected chi connectivity index (χ3v) is 3.12. The first-order chi connectivity index (χ1) is 9.26. The van der Waals surface area contributed by atoms with E-state index in [1.807, 2.05) is 49.4 Å². The highest BCUT2D eigenvalue weighted by atomic mass is 16.5. The van der Waals surface area contributed by atoms with Crippen molar-refractivity contribution >= 4 is 5.69 Å². The normalized spacial score (nSPS) is 10.1. The predicted molar refractivity (Wildman–Crippen MR) is 78.1 cm³/mol. The van der Waals surface area contributed by atoms with Crippen molar-refractivity contribution in [1.82, 2.24) is 0 Å². The van der Waals surface area contributed by atoms with Gasteiger partial charge in [-0.1, -0.05) is 18.2 Å². The molecule has 0 saturated carbocycles. The number of ether oxygens (including phenoxy) is 2. The second-order valence-corrected chi connectivity index (χ2v) is 4.30. The fourth-order valence-corrected chi connectivity index (χ4v) is 2.13. The van der Waals surface area contributed by atoms with Crippen molar-refractivity contribution in [2.45, 2.75) is 13.5 Å². The largest absolute Gasteiger partial charge is 0.496 e. The van der Waals surface area contributed by atoms with Crippen LogP contribution in [0.2, 0.25) is 0 Å². The molecule has 0 spiro atoms. The van der Waals surface area contributed by atoms with Crippen molar-refractivity contribution in [3.63, 3.8) is 0 Å². The lowest BCUT2D eigenvalue weighted by atomic mass is 10.1. The van der Waals surface area contributed by atoms with Crippen LogP contribution in [0.15, 0.2) is 42.5 Å². The molecular weight excluding hydrogens is 238 g/mol. The predicted octanol–water partition coefficient (Wildman–Crippen LogP) is 3.62. The Labute approximate surface area is 114 Å². The van der Waals surface area contributed by atoms with E-state index in [4.69, 9.17) is 9.47 Å². The molecule has 2 aromatic rings. The van der Waals surface area contributed by atoms with Gasteiger partial charge in [0, 0.05) is 23.4 Å². The first-order valence-corrected chi connectivity index (χ1v) is 6.25. The molecule has 0 unspecified atom stereocenters. The Kier molecular flexibility index (Phi) is 4.29. The Bertz CT molecular complexity index is 538. The van der Waals surface area contributed by atoms with Crippen molar-refractivity contribution in [2.24, 2.45) is 0 Å². The summed E-state index contributed by atoms with van der Waals surface area (Å²) in [6.07, 6.45) is 0. The summed E-state index contributed by atoms with van der Waals surface area (Å²) in [7, 11) is 3.36. The Hall–Kier alpha value is -2.16. The van der Waals surface area contributed by atoms with Crippen LogP contribution in [0, 0.1) is 6.92 Å². The van der Waals surface area contributed by atoms with E-state index >= 15 is 0 Å². The van der Waals surface area contributed by atoms with Crippen LogP contribution >= 0.6 is 0 Å². The van der Waals surface area contributed by atoms with Gasteiger partial charge < -0.3 is 14.8 Å². The number of hydrogen-bond acceptors (Lipinski definition) is 3. The van der Waals surface area contributed by atoms with Crippen molar-refractivity contribution < 1.29 is 9.47 Å². The smallest absolute Gasteiger partial charge is 0.130 e. The van der Waals surface area contributed by atoms with E-state index in [1.165, 1.54) is 0 Å². The Morgan fingerprint density at radius 1 is 0.947 bits per heavy atom. The van der Waals surface area contributed by atoms with Crippen LogP contribution in [-0.4, -0.2) is 14.2 Å². The van der Waals surface area contributed by atoms with Gasteiger partial charge in [-0.25, -0.2) is 0 Å². The molecule has 0 saturated heterocycles. The number of para-hydroxylation sites is 1. The summed E-state index contributed by atoms with van der Waals surface area (Å²) >= 11 is 0. The fourth-order valence-electron chi connectivity index (χ4n) is 2.13. The van der Waals surface area contributed by atoms with E-state index in [0.29, 0.717) is 0 Å². The minimum absolute atomic E-state index is 0.720. The molecule has 0 aliphatic heterocycles. The molecule has 0 amide bonds. The molecule has 1 N–H and O–H groups in total. The van der Waals surface area contributed by atoms with Crippen molar-refractivity contribution in [2.75, 3.05) is 19.5 Å². The minimum Gasteiger partial charge on any atom is -0.496 e. The summed E-state index contributed by atoms with van der Waals surface area (Å²) in [5.41, 5.74) is 3.24. The second kappa shape index (κ2) is 6.14. The molecule has 19 heavy (non-hydrogen) atoms. The maximum Gasteiger partial charge on any atom is 0.130 e. The van der Waals surface area contributed by atoms with Crippen LogP contribution < -0.4 is 14.8 Å². The summed E-state index contributed by atoms with van der Waals surface area (Å²) in [6, 6.07) is 14.1.